The van der Waals surface area contributed by atoms with Gasteiger partial charge in [0.2, 0.25) is 12.7 Å². The largest absolute Gasteiger partial charge is 0.454 e. The fourth-order valence-corrected chi connectivity index (χ4v) is 2.47. The molecule has 1 aliphatic rings. The van der Waals surface area contributed by atoms with Crippen molar-refractivity contribution in [2.24, 2.45) is 0 Å². The lowest BCUT2D eigenvalue weighted by molar-refractivity contribution is -0.125. The van der Waals surface area contributed by atoms with Gasteiger partial charge in [-0.15, -0.1) is 0 Å². The zero-order chi connectivity index (χ0) is 16.4. The van der Waals surface area contributed by atoms with Gasteiger partial charge < -0.3 is 18.9 Å². The highest BCUT2D eigenvalue weighted by Gasteiger charge is 2.17. The number of amides is 1. The van der Waals surface area contributed by atoms with Gasteiger partial charge in [-0.1, -0.05) is 16.8 Å². The molecule has 1 aliphatic heterocycles. The molecule has 3 rings (SSSR count). The first-order chi connectivity index (χ1) is 11.0. The first kappa shape index (κ1) is 15.4. The second-order valence-electron chi connectivity index (χ2n) is 5.19. The Morgan fingerprint density at radius 1 is 1.39 bits per heavy atom. The molecule has 0 aliphatic carbocycles. The number of hydrogen-bond donors (Lipinski definition) is 0. The zero-order valence-electron chi connectivity index (χ0n) is 12.7. The number of nitrogens with zero attached hydrogens (tertiary/aromatic N) is 2. The number of aromatic nitrogens is 1. The normalized spacial score (nSPS) is 12.8. The van der Waals surface area contributed by atoms with Gasteiger partial charge in [0.1, 0.15) is 11.5 Å². The van der Waals surface area contributed by atoms with Gasteiger partial charge in [0, 0.05) is 19.2 Å². The Balaban J connectivity index is 1.67. The van der Waals surface area contributed by atoms with E-state index in [1.807, 2.05) is 6.92 Å². The van der Waals surface area contributed by atoms with Crippen LogP contribution in [0, 0.1) is 6.92 Å². The van der Waals surface area contributed by atoms with Crippen LogP contribution in [0.1, 0.15) is 17.0 Å². The standard InChI is InChI=1S/C16H15ClN2O4/c1-10-5-12(18-23-10)8-19(2)15(20)4-3-11-6-13(17)16-14(7-11)21-9-22-16/h3-7H,8-9H2,1-2H3/b4-3+. The summed E-state index contributed by atoms with van der Waals surface area (Å²) in [6, 6.07) is 5.30. The van der Waals surface area contributed by atoms with E-state index in [0.717, 1.165) is 5.56 Å². The molecule has 0 unspecified atom stereocenters. The van der Waals surface area contributed by atoms with E-state index in [1.165, 1.54) is 6.08 Å². The first-order valence-corrected chi connectivity index (χ1v) is 7.35. The van der Waals surface area contributed by atoms with Crippen LogP contribution in [0.2, 0.25) is 5.02 Å². The molecular weight excluding hydrogens is 320 g/mol. The maximum atomic E-state index is 12.1. The van der Waals surface area contributed by atoms with Gasteiger partial charge in [-0.05, 0) is 30.7 Å². The van der Waals surface area contributed by atoms with E-state index in [-0.39, 0.29) is 12.7 Å². The molecule has 2 aromatic rings. The molecule has 6 nitrogen and oxygen atoms in total. The van der Waals surface area contributed by atoms with Crippen LogP contribution in [0.15, 0.2) is 28.8 Å². The Hall–Kier alpha value is -2.47. The second kappa shape index (κ2) is 6.34. The minimum absolute atomic E-state index is 0.153. The van der Waals surface area contributed by atoms with Crippen molar-refractivity contribution in [1.82, 2.24) is 10.1 Å². The maximum absolute atomic E-state index is 12.1. The molecule has 0 N–H and O–H groups in total. The van der Waals surface area contributed by atoms with Gasteiger partial charge in [-0.25, -0.2) is 0 Å². The van der Waals surface area contributed by atoms with Crippen molar-refractivity contribution in [3.8, 4) is 11.5 Å². The molecule has 1 aromatic heterocycles. The van der Waals surface area contributed by atoms with Crippen LogP contribution in [0.25, 0.3) is 6.08 Å². The van der Waals surface area contributed by atoms with E-state index < -0.39 is 0 Å². The van der Waals surface area contributed by atoms with E-state index >= 15 is 0 Å². The predicted octanol–water partition coefficient (Wildman–Crippen LogP) is 3.04. The average molecular weight is 335 g/mol. The van der Waals surface area contributed by atoms with Gasteiger partial charge in [0.05, 0.1) is 11.6 Å². The van der Waals surface area contributed by atoms with Gasteiger partial charge in [0.15, 0.2) is 11.5 Å². The molecule has 7 heteroatoms. The summed E-state index contributed by atoms with van der Waals surface area (Å²) in [5, 5.41) is 4.32. The second-order valence-corrected chi connectivity index (χ2v) is 5.60. The lowest BCUT2D eigenvalue weighted by Gasteiger charge is -2.12. The SMILES string of the molecule is Cc1cc(CN(C)C(=O)/C=C/c2cc(Cl)c3c(c2)OCO3)no1. The Morgan fingerprint density at radius 3 is 2.96 bits per heavy atom. The highest BCUT2D eigenvalue weighted by atomic mass is 35.5. The summed E-state index contributed by atoms with van der Waals surface area (Å²) in [6.07, 6.45) is 3.15. The molecular formula is C16H15ClN2O4. The van der Waals surface area contributed by atoms with Crippen LogP contribution in [0.4, 0.5) is 0 Å². The van der Waals surface area contributed by atoms with E-state index in [4.69, 9.17) is 25.6 Å². The Bertz CT molecular complexity index is 769. The zero-order valence-corrected chi connectivity index (χ0v) is 13.5. The van der Waals surface area contributed by atoms with Crippen LogP contribution >= 0.6 is 11.6 Å². The highest BCUT2D eigenvalue weighted by molar-refractivity contribution is 6.32. The van der Waals surface area contributed by atoms with Crippen LogP contribution in [-0.4, -0.2) is 29.8 Å². The molecule has 0 fully saturated rings. The molecule has 23 heavy (non-hydrogen) atoms. The summed E-state index contributed by atoms with van der Waals surface area (Å²) in [7, 11) is 1.70. The van der Waals surface area contributed by atoms with E-state index in [9.17, 15) is 4.79 Å². The number of aryl methyl sites for hydroxylation is 1. The molecule has 0 bridgehead atoms. The van der Waals surface area contributed by atoms with E-state index in [1.54, 1.807) is 36.2 Å². The quantitative estimate of drug-likeness (QED) is 0.804. The van der Waals surface area contributed by atoms with Crippen molar-refractivity contribution < 1.29 is 18.8 Å². The Morgan fingerprint density at radius 2 is 2.22 bits per heavy atom. The third kappa shape index (κ3) is 3.48. The van der Waals surface area contributed by atoms with Crippen LogP contribution < -0.4 is 9.47 Å². The number of halogens is 1. The molecule has 0 spiro atoms. The van der Waals surface area contributed by atoms with Crippen molar-refractivity contribution in [1.29, 1.82) is 0 Å². The number of carbonyl (C=O) groups excluding carboxylic acids is 1. The summed E-state index contributed by atoms with van der Waals surface area (Å²) in [6.45, 7) is 2.34. The van der Waals surface area contributed by atoms with Crippen molar-refractivity contribution in [2.45, 2.75) is 13.5 Å². The van der Waals surface area contributed by atoms with Crippen molar-refractivity contribution >= 4 is 23.6 Å². The summed E-state index contributed by atoms with van der Waals surface area (Å²) in [5.74, 6) is 1.68. The average Bonchev–Trinajstić information content (AvgIpc) is 3.14. The number of carbonyl (C=O) groups is 1. The van der Waals surface area contributed by atoms with E-state index in [2.05, 4.69) is 5.16 Å². The number of likely N-dealkylation sites (N-methyl/N-ethyl adjacent to an activating group) is 1. The smallest absolute Gasteiger partial charge is 0.246 e. The van der Waals surface area contributed by atoms with Crippen molar-refractivity contribution in [3.63, 3.8) is 0 Å². The lowest BCUT2D eigenvalue weighted by atomic mass is 10.2. The first-order valence-electron chi connectivity index (χ1n) is 6.97. The number of rotatable bonds is 4. The van der Waals surface area contributed by atoms with Crippen LogP contribution in [-0.2, 0) is 11.3 Å². The Kier molecular flexibility index (Phi) is 4.25. The topological polar surface area (TPSA) is 64.8 Å². The number of ether oxygens (including phenoxy) is 2. The van der Waals surface area contributed by atoms with Gasteiger partial charge in [-0.2, -0.15) is 0 Å². The number of fused-ring (bicyclic) bond motifs is 1. The number of benzene rings is 1. The van der Waals surface area contributed by atoms with Crippen LogP contribution in [0.3, 0.4) is 0 Å². The summed E-state index contributed by atoms with van der Waals surface area (Å²) < 4.78 is 15.5. The van der Waals surface area contributed by atoms with Crippen LogP contribution in [0.5, 0.6) is 11.5 Å². The molecule has 1 amide bonds. The molecule has 2 heterocycles. The third-order valence-electron chi connectivity index (χ3n) is 3.32. The fraction of sp³-hybridized carbons (Fsp3) is 0.250. The molecule has 0 saturated heterocycles. The maximum Gasteiger partial charge on any atom is 0.246 e. The summed E-state index contributed by atoms with van der Waals surface area (Å²) in [4.78, 5) is 13.7. The molecule has 120 valence electrons. The van der Waals surface area contributed by atoms with Gasteiger partial charge >= 0.3 is 0 Å². The molecule has 0 saturated carbocycles. The monoisotopic (exact) mass is 334 g/mol. The van der Waals surface area contributed by atoms with Gasteiger partial charge in [-0.3, -0.25) is 4.79 Å². The molecule has 0 radical (unpaired) electrons. The summed E-state index contributed by atoms with van der Waals surface area (Å²) in [5.41, 5.74) is 1.47. The van der Waals surface area contributed by atoms with Gasteiger partial charge in [0.25, 0.3) is 0 Å². The summed E-state index contributed by atoms with van der Waals surface area (Å²) >= 11 is 6.11. The lowest BCUT2D eigenvalue weighted by Crippen LogP contribution is -2.24. The van der Waals surface area contributed by atoms with E-state index in [0.29, 0.717) is 34.5 Å². The van der Waals surface area contributed by atoms with Crippen molar-refractivity contribution in [2.75, 3.05) is 13.8 Å². The third-order valence-corrected chi connectivity index (χ3v) is 3.60. The predicted molar refractivity (Wildman–Crippen MR) is 84.3 cm³/mol. The molecule has 1 aromatic carbocycles. The minimum atomic E-state index is -0.153. The minimum Gasteiger partial charge on any atom is -0.454 e. The number of hydrogen-bond acceptors (Lipinski definition) is 5. The van der Waals surface area contributed by atoms with Crippen molar-refractivity contribution in [3.05, 3.63) is 46.3 Å². The Labute approximate surface area is 138 Å². The molecule has 0 atom stereocenters. The fourth-order valence-electron chi connectivity index (χ4n) is 2.19. The highest BCUT2D eigenvalue weighted by Crippen LogP contribution is 2.40.